The molecule has 1 aromatic heterocycles. The van der Waals surface area contributed by atoms with E-state index in [9.17, 15) is 9.59 Å². The monoisotopic (exact) mass is 577 g/mol. The van der Waals surface area contributed by atoms with Gasteiger partial charge in [0.15, 0.2) is 0 Å². The lowest BCUT2D eigenvalue weighted by molar-refractivity contribution is -0.123. The van der Waals surface area contributed by atoms with Gasteiger partial charge in [-0.3, -0.25) is 4.79 Å². The number of nitrogens with zero attached hydrogens (tertiary/aromatic N) is 2. The second-order valence-corrected chi connectivity index (χ2v) is 8.50. The minimum atomic E-state index is -0.930. The summed E-state index contributed by atoms with van der Waals surface area (Å²) in [4.78, 5) is 31.9. The van der Waals surface area contributed by atoms with E-state index in [4.69, 9.17) is 9.47 Å². The summed E-state index contributed by atoms with van der Waals surface area (Å²) in [7, 11) is 1.57. The number of methoxy groups -OCH3 is 1. The maximum atomic E-state index is 12.7. The number of aromatic nitrogens is 2. The highest BCUT2D eigenvalue weighted by molar-refractivity contribution is 9.11. The molecule has 33 heavy (non-hydrogen) atoms. The fourth-order valence-corrected chi connectivity index (χ4v) is 4.38. The Balaban J connectivity index is 1.62. The van der Waals surface area contributed by atoms with E-state index in [1.807, 2.05) is 30.3 Å². The van der Waals surface area contributed by atoms with Gasteiger partial charge in [-0.1, -0.05) is 30.3 Å². The van der Waals surface area contributed by atoms with Crippen molar-refractivity contribution in [3.63, 3.8) is 0 Å². The van der Waals surface area contributed by atoms with Gasteiger partial charge in [-0.15, -0.1) is 0 Å². The number of rotatable bonds is 9. The van der Waals surface area contributed by atoms with E-state index in [0.29, 0.717) is 11.4 Å². The van der Waals surface area contributed by atoms with Crippen LogP contribution in [-0.2, 0) is 22.6 Å². The predicted octanol–water partition coefficient (Wildman–Crippen LogP) is 3.93. The van der Waals surface area contributed by atoms with Crippen molar-refractivity contribution >= 4 is 50.1 Å². The number of alkyl carbamates (subject to hydrolysis) is 1. The second kappa shape index (κ2) is 12.2. The summed E-state index contributed by atoms with van der Waals surface area (Å²) in [5.74, 6) is 0.137. The van der Waals surface area contributed by atoms with Gasteiger partial charge in [0, 0.05) is 18.3 Å². The first kappa shape index (κ1) is 24.5. The lowest BCUT2D eigenvalue weighted by Gasteiger charge is -2.16. The maximum absolute atomic E-state index is 12.7. The van der Waals surface area contributed by atoms with Crippen molar-refractivity contribution < 1.29 is 19.1 Å². The smallest absolute Gasteiger partial charge is 0.408 e. The first-order valence-corrected chi connectivity index (χ1v) is 11.3. The van der Waals surface area contributed by atoms with Crippen molar-refractivity contribution in [3.8, 4) is 5.75 Å². The number of carbonyl (C=O) groups excluding carboxylic acids is 2. The van der Waals surface area contributed by atoms with Crippen LogP contribution in [0.25, 0.3) is 0 Å². The Morgan fingerprint density at radius 3 is 2.58 bits per heavy atom. The minimum absolute atomic E-state index is 0.0877. The number of ether oxygens (including phenoxy) is 2. The van der Waals surface area contributed by atoms with Crippen LogP contribution in [0.5, 0.6) is 5.75 Å². The topological polar surface area (TPSA) is 118 Å². The summed E-state index contributed by atoms with van der Waals surface area (Å²) in [6, 6.07) is 11.9. The van der Waals surface area contributed by atoms with E-state index in [2.05, 4.69) is 57.7 Å². The summed E-state index contributed by atoms with van der Waals surface area (Å²) in [5.41, 5.74) is 4.68. The summed E-state index contributed by atoms with van der Waals surface area (Å²) in [6.07, 6.45) is 4.02. The summed E-state index contributed by atoms with van der Waals surface area (Å²) < 4.78 is 12.0. The quantitative estimate of drug-likeness (QED) is 0.263. The van der Waals surface area contributed by atoms with Gasteiger partial charge in [0.05, 0.1) is 28.6 Å². The number of hydrazone groups is 1. The van der Waals surface area contributed by atoms with Crippen molar-refractivity contribution in [2.24, 2.45) is 5.10 Å². The van der Waals surface area contributed by atoms with Crippen LogP contribution in [0.1, 0.15) is 16.8 Å². The molecule has 0 radical (unpaired) electrons. The van der Waals surface area contributed by atoms with Crippen LogP contribution in [0.2, 0.25) is 0 Å². The SMILES string of the molecule is COc1c(Br)cc(/C=N\NC(=O)[C@@H](Cc2cnc[nH]2)NC(=O)OCc2ccccc2)cc1Br. The third kappa shape index (κ3) is 7.43. The summed E-state index contributed by atoms with van der Waals surface area (Å²) >= 11 is 6.84. The Morgan fingerprint density at radius 1 is 1.21 bits per heavy atom. The molecule has 11 heteroatoms. The van der Waals surface area contributed by atoms with Gasteiger partial charge in [-0.25, -0.2) is 15.2 Å². The number of hydrogen-bond acceptors (Lipinski definition) is 6. The van der Waals surface area contributed by atoms with Crippen molar-refractivity contribution in [2.45, 2.75) is 19.1 Å². The molecule has 0 aliphatic rings. The largest absolute Gasteiger partial charge is 0.494 e. The van der Waals surface area contributed by atoms with Crippen LogP contribution < -0.4 is 15.5 Å². The lowest BCUT2D eigenvalue weighted by Crippen LogP contribution is -2.47. The van der Waals surface area contributed by atoms with Gasteiger partial charge in [0.2, 0.25) is 0 Å². The number of benzene rings is 2. The molecule has 0 saturated carbocycles. The van der Waals surface area contributed by atoms with E-state index >= 15 is 0 Å². The van der Waals surface area contributed by atoms with E-state index in [0.717, 1.165) is 20.1 Å². The highest BCUT2D eigenvalue weighted by Gasteiger charge is 2.22. The Morgan fingerprint density at radius 2 is 1.94 bits per heavy atom. The van der Waals surface area contributed by atoms with Crippen LogP contribution in [0.3, 0.4) is 0 Å². The average Bonchev–Trinajstić information content (AvgIpc) is 3.31. The Labute approximate surface area is 207 Å². The molecular weight excluding hydrogens is 558 g/mol. The molecule has 0 bridgehead atoms. The number of carbonyl (C=O) groups is 2. The fraction of sp³-hybridized carbons (Fsp3) is 0.182. The van der Waals surface area contributed by atoms with E-state index in [1.165, 1.54) is 12.5 Å². The normalized spacial score (nSPS) is 11.7. The van der Waals surface area contributed by atoms with Crippen molar-refractivity contribution in [3.05, 3.63) is 80.8 Å². The van der Waals surface area contributed by atoms with Crippen LogP contribution in [0.15, 0.2) is 69.0 Å². The van der Waals surface area contributed by atoms with Gasteiger partial charge < -0.3 is 19.8 Å². The molecule has 0 saturated heterocycles. The zero-order valence-corrected chi connectivity index (χ0v) is 20.7. The number of H-pyrrole nitrogens is 1. The average molecular weight is 579 g/mol. The van der Waals surface area contributed by atoms with E-state index in [1.54, 1.807) is 25.4 Å². The Kier molecular flexibility index (Phi) is 9.02. The van der Waals surface area contributed by atoms with Gasteiger partial charge in [-0.05, 0) is 55.1 Å². The molecule has 9 nitrogen and oxygen atoms in total. The maximum Gasteiger partial charge on any atom is 0.408 e. The molecule has 172 valence electrons. The molecule has 0 aliphatic carbocycles. The summed E-state index contributed by atoms with van der Waals surface area (Å²) in [6.45, 7) is 0.0877. The zero-order valence-electron chi connectivity index (χ0n) is 17.5. The first-order valence-electron chi connectivity index (χ1n) is 9.76. The van der Waals surface area contributed by atoms with Crippen LogP contribution in [0.4, 0.5) is 4.79 Å². The fourth-order valence-electron chi connectivity index (χ4n) is 2.83. The number of imidazole rings is 1. The molecule has 1 atom stereocenters. The molecular formula is C22H21Br2N5O4. The number of amides is 2. The van der Waals surface area contributed by atoms with Gasteiger partial charge in [0.25, 0.3) is 5.91 Å². The van der Waals surface area contributed by atoms with E-state index < -0.39 is 18.0 Å². The van der Waals surface area contributed by atoms with Gasteiger partial charge in [-0.2, -0.15) is 5.10 Å². The predicted molar refractivity (Wildman–Crippen MR) is 130 cm³/mol. The molecule has 0 spiro atoms. The van der Waals surface area contributed by atoms with E-state index in [-0.39, 0.29) is 13.0 Å². The lowest BCUT2D eigenvalue weighted by atomic mass is 10.1. The zero-order chi connectivity index (χ0) is 23.6. The Bertz CT molecular complexity index is 1080. The standard InChI is InChI=1S/C22H21Br2N5O4/c1-32-20-17(23)7-15(8-18(20)24)10-27-29-21(30)19(9-16-11-25-13-26-16)28-22(31)33-12-14-5-3-2-4-6-14/h2-8,10-11,13,19H,9,12H2,1H3,(H,25,26)(H,28,31)(H,29,30)/b27-10-/t19-/m1/s1. The second-order valence-electron chi connectivity index (χ2n) is 6.79. The van der Waals surface area contributed by atoms with Gasteiger partial charge >= 0.3 is 6.09 Å². The number of aromatic amines is 1. The van der Waals surface area contributed by atoms with Gasteiger partial charge in [0.1, 0.15) is 18.4 Å². The van der Waals surface area contributed by atoms with Crippen molar-refractivity contribution in [2.75, 3.05) is 7.11 Å². The molecule has 2 aromatic carbocycles. The highest BCUT2D eigenvalue weighted by Crippen LogP contribution is 2.33. The number of nitrogens with one attached hydrogen (secondary N) is 3. The molecule has 3 rings (SSSR count). The van der Waals surface area contributed by atoms with Crippen molar-refractivity contribution in [1.29, 1.82) is 0 Å². The first-order chi connectivity index (χ1) is 16.0. The van der Waals surface area contributed by atoms with Crippen LogP contribution in [0, 0.1) is 0 Å². The number of halogens is 2. The molecule has 1 heterocycles. The number of hydrogen-bond donors (Lipinski definition) is 3. The van der Waals surface area contributed by atoms with Crippen LogP contribution >= 0.6 is 31.9 Å². The molecule has 3 N–H and O–H groups in total. The molecule has 0 unspecified atom stereocenters. The molecule has 2 amide bonds. The molecule has 0 aliphatic heterocycles. The summed E-state index contributed by atoms with van der Waals surface area (Å²) in [5, 5.41) is 6.59. The highest BCUT2D eigenvalue weighted by atomic mass is 79.9. The third-order valence-electron chi connectivity index (χ3n) is 4.41. The minimum Gasteiger partial charge on any atom is -0.494 e. The molecule has 0 fully saturated rings. The third-order valence-corrected chi connectivity index (χ3v) is 5.59. The molecule has 3 aromatic rings. The van der Waals surface area contributed by atoms with Crippen LogP contribution in [-0.4, -0.2) is 41.3 Å². The Hall–Kier alpha value is -3.18. The van der Waals surface area contributed by atoms with Crippen molar-refractivity contribution in [1.82, 2.24) is 20.7 Å².